The number of ketones is 2. The number of rotatable bonds is 11. The molecule has 0 fully saturated rings. The van der Waals surface area contributed by atoms with Crippen LogP contribution < -0.4 is 15.5 Å². The highest BCUT2D eigenvalue weighted by atomic mass is 16.2. The first-order valence-corrected chi connectivity index (χ1v) is 17.2. The van der Waals surface area contributed by atoms with Crippen molar-refractivity contribution < 1.29 is 28.8 Å². The van der Waals surface area contributed by atoms with E-state index in [2.05, 4.69) is 10.6 Å². The van der Waals surface area contributed by atoms with E-state index in [1.807, 2.05) is 12.1 Å². The largest absolute Gasteiger partial charge is 0.322 e. The van der Waals surface area contributed by atoms with E-state index in [1.54, 1.807) is 109 Å². The van der Waals surface area contributed by atoms with Crippen molar-refractivity contribution in [1.29, 1.82) is 0 Å². The van der Waals surface area contributed by atoms with Gasteiger partial charge in [0.15, 0.2) is 11.6 Å². The van der Waals surface area contributed by atoms with E-state index in [-0.39, 0.29) is 33.9 Å². The van der Waals surface area contributed by atoms with Crippen LogP contribution in [-0.4, -0.2) is 35.2 Å². The third-order valence-corrected chi connectivity index (χ3v) is 8.84. The van der Waals surface area contributed by atoms with Crippen LogP contribution in [0.2, 0.25) is 0 Å². The molecule has 9 heteroatoms. The van der Waals surface area contributed by atoms with E-state index in [0.717, 1.165) is 16.0 Å². The Bertz CT molecular complexity index is 2510. The van der Waals surface area contributed by atoms with Gasteiger partial charge in [-0.3, -0.25) is 28.8 Å². The molecular weight excluding hydrogens is 691 g/mol. The Morgan fingerprint density at radius 2 is 0.873 bits per heavy atom. The number of anilines is 3. The van der Waals surface area contributed by atoms with Gasteiger partial charge in [0.2, 0.25) is 0 Å². The molecule has 9 nitrogen and oxygen atoms in total. The fourth-order valence-electron chi connectivity index (χ4n) is 5.88. The van der Waals surface area contributed by atoms with Crippen LogP contribution in [0.4, 0.5) is 17.1 Å². The molecule has 0 bridgehead atoms. The summed E-state index contributed by atoms with van der Waals surface area (Å²) >= 11 is 0. The normalized spacial score (nSPS) is 12.2. The molecule has 0 aliphatic carbocycles. The smallest absolute Gasteiger partial charge is 0.266 e. The van der Waals surface area contributed by atoms with Crippen LogP contribution in [0.25, 0.3) is 12.2 Å². The van der Waals surface area contributed by atoms with Crippen LogP contribution in [0.15, 0.2) is 164 Å². The van der Waals surface area contributed by atoms with Crippen LogP contribution >= 0.6 is 0 Å². The van der Waals surface area contributed by atoms with Gasteiger partial charge in [-0.15, -0.1) is 0 Å². The third kappa shape index (κ3) is 8.16. The molecule has 0 radical (unpaired) electrons. The lowest BCUT2D eigenvalue weighted by Gasteiger charge is -2.14. The highest BCUT2D eigenvalue weighted by molar-refractivity contribution is 6.35. The highest BCUT2D eigenvalue weighted by Crippen LogP contribution is 2.30. The van der Waals surface area contributed by atoms with Crippen molar-refractivity contribution in [3.63, 3.8) is 0 Å². The maximum Gasteiger partial charge on any atom is 0.266 e. The van der Waals surface area contributed by atoms with Crippen LogP contribution in [-0.2, 0) is 0 Å². The number of hydrogen-bond donors (Lipinski definition) is 2. The summed E-state index contributed by atoms with van der Waals surface area (Å²) in [6.07, 6.45) is 6.38. The molecule has 0 unspecified atom stereocenters. The molecule has 7 rings (SSSR count). The predicted octanol–water partition coefficient (Wildman–Crippen LogP) is 8.78. The first kappa shape index (κ1) is 35.6. The number of nitrogens with one attached hydrogen (secondary N) is 2. The Morgan fingerprint density at radius 1 is 0.436 bits per heavy atom. The topological polar surface area (TPSA) is 130 Å². The Balaban J connectivity index is 0.952. The second-order valence-electron chi connectivity index (χ2n) is 12.5. The van der Waals surface area contributed by atoms with Gasteiger partial charge in [0.25, 0.3) is 23.6 Å². The molecule has 4 amide bonds. The second-order valence-corrected chi connectivity index (χ2v) is 12.5. The lowest BCUT2D eigenvalue weighted by atomic mass is 10.1. The highest BCUT2D eigenvalue weighted by Gasteiger charge is 2.37. The number of amides is 4. The molecule has 0 saturated heterocycles. The minimum absolute atomic E-state index is 0.0887. The van der Waals surface area contributed by atoms with Crippen molar-refractivity contribution in [2.45, 2.75) is 0 Å². The number of nitrogens with zero attached hydrogens (tertiary/aromatic N) is 1. The molecule has 0 spiro atoms. The molecule has 2 N–H and O–H groups in total. The summed E-state index contributed by atoms with van der Waals surface area (Å²) in [6, 6.07) is 42.2. The fourth-order valence-corrected chi connectivity index (χ4v) is 5.88. The summed E-state index contributed by atoms with van der Waals surface area (Å²) in [5.41, 5.74) is 4.80. The number of fused-ring (bicyclic) bond motifs is 1. The summed E-state index contributed by atoms with van der Waals surface area (Å²) in [5, 5.41) is 5.61. The lowest BCUT2D eigenvalue weighted by molar-refractivity contribution is 0.0923. The maximum absolute atomic E-state index is 13.5. The zero-order chi connectivity index (χ0) is 38.3. The molecule has 0 atom stereocenters. The zero-order valence-corrected chi connectivity index (χ0v) is 29.1. The number of hydrogen-bond acceptors (Lipinski definition) is 6. The monoisotopic (exact) mass is 721 g/mol. The van der Waals surface area contributed by atoms with Gasteiger partial charge in [0.1, 0.15) is 0 Å². The van der Waals surface area contributed by atoms with E-state index in [4.69, 9.17) is 0 Å². The van der Waals surface area contributed by atoms with E-state index in [0.29, 0.717) is 28.1 Å². The summed E-state index contributed by atoms with van der Waals surface area (Å²) in [5.74, 6) is -2.23. The number of carbonyl (C=O) groups is 6. The molecule has 6 aromatic rings. The Kier molecular flexibility index (Phi) is 10.3. The van der Waals surface area contributed by atoms with Crippen molar-refractivity contribution in [3.8, 4) is 0 Å². The summed E-state index contributed by atoms with van der Waals surface area (Å²) in [7, 11) is 0. The number of imide groups is 1. The van der Waals surface area contributed by atoms with Crippen LogP contribution in [0.1, 0.15) is 73.3 Å². The average Bonchev–Trinajstić information content (AvgIpc) is 3.48. The van der Waals surface area contributed by atoms with Gasteiger partial charge in [-0.05, 0) is 90.0 Å². The van der Waals surface area contributed by atoms with Crippen molar-refractivity contribution in [3.05, 3.63) is 208 Å². The minimum atomic E-state index is -0.590. The van der Waals surface area contributed by atoms with E-state index in [1.165, 1.54) is 54.6 Å². The first-order chi connectivity index (χ1) is 26.7. The summed E-state index contributed by atoms with van der Waals surface area (Å²) < 4.78 is 0. The maximum atomic E-state index is 13.5. The zero-order valence-electron chi connectivity index (χ0n) is 29.1. The molecule has 0 saturated carbocycles. The average molecular weight is 722 g/mol. The standard InChI is InChI=1S/C46H31N3O6/c50-41(32-7-3-1-4-8-32)27-15-30-11-20-36(21-12-30)47-43(52)34-17-24-38(25-18-34)49-45(54)39-26-19-35(29-40(39)46(49)55)44(53)48-37-22-13-31(14-23-37)16-28-42(51)33-9-5-2-6-10-33/h1-29H,(H,47,52)(H,48,53)/b27-15-,28-16-. The Hall–Kier alpha value is -7.78. The molecule has 1 aliphatic rings. The Labute approximate surface area is 316 Å². The quantitative estimate of drug-likeness (QED) is 0.0782. The van der Waals surface area contributed by atoms with Crippen molar-refractivity contribution in [2.24, 2.45) is 0 Å². The van der Waals surface area contributed by atoms with Crippen LogP contribution in [0.3, 0.4) is 0 Å². The van der Waals surface area contributed by atoms with E-state index >= 15 is 0 Å². The van der Waals surface area contributed by atoms with Gasteiger partial charge in [-0.2, -0.15) is 0 Å². The molecule has 0 aromatic heterocycles. The van der Waals surface area contributed by atoms with Gasteiger partial charge >= 0.3 is 0 Å². The number of allylic oxidation sites excluding steroid dienone is 2. The van der Waals surface area contributed by atoms with Crippen LogP contribution in [0.5, 0.6) is 0 Å². The van der Waals surface area contributed by atoms with Gasteiger partial charge in [0.05, 0.1) is 16.8 Å². The Morgan fingerprint density at radius 3 is 1.36 bits per heavy atom. The molecule has 1 aliphatic heterocycles. The lowest BCUT2D eigenvalue weighted by Crippen LogP contribution is -2.29. The summed E-state index contributed by atoms with van der Waals surface area (Å²) in [6.45, 7) is 0. The predicted molar refractivity (Wildman–Crippen MR) is 212 cm³/mol. The first-order valence-electron chi connectivity index (χ1n) is 17.2. The van der Waals surface area contributed by atoms with Crippen molar-refractivity contribution in [1.82, 2.24) is 0 Å². The fraction of sp³-hybridized carbons (Fsp3) is 0. The molecular formula is C46H31N3O6. The van der Waals surface area contributed by atoms with Crippen LogP contribution in [0, 0.1) is 0 Å². The SMILES string of the molecule is O=C(/C=C\c1ccc(NC(=O)c2ccc(N3C(=O)c4ccc(C(=O)Nc5ccc(/C=C\C(=O)c6ccccc6)cc5)cc4C3=O)cc2)cc1)c1ccccc1. The second kappa shape index (κ2) is 15.9. The van der Waals surface area contributed by atoms with Gasteiger partial charge in [-0.1, -0.05) is 97.1 Å². The molecule has 55 heavy (non-hydrogen) atoms. The van der Waals surface area contributed by atoms with E-state index in [9.17, 15) is 28.8 Å². The number of benzene rings is 6. The molecule has 1 heterocycles. The number of carbonyl (C=O) groups excluding carboxylic acids is 6. The molecule has 266 valence electrons. The van der Waals surface area contributed by atoms with Crippen molar-refractivity contribution >= 4 is 64.4 Å². The summed E-state index contributed by atoms with van der Waals surface area (Å²) in [4.78, 5) is 78.6. The third-order valence-electron chi connectivity index (χ3n) is 8.84. The van der Waals surface area contributed by atoms with Gasteiger partial charge < -0.3 is 10.6 Å². The molecule has 6 aromatic carbocycles. The van der Waals surface area contributed by atoms with E-state index < -0.39 is 23.6 Å². The minimum Gasteiger partial charge on any atom is -0.322 e. The van der Waals surface area contributed by atoms with Gasteiger partial charge in [-0.25, -0.2) is 4.90 Å². The van der Waals surface area contributed by atoms with Gasteiger partial charge in [0, 0.05) is 33.6 Å². The van der Waals surface area contributed by atoms with Crippen molar-refractivity contribution in [2.75, 3.05) is 15.5 Å².